The molecule has 0 aliphatic carbocycles. The fraction of sp³-hybridized carbons (Fsp3) is 0.417. The lowest BCUT2D eigenvalue weighted by atomic mass is 10.2. The topological polar surface area (TPSA) is 89.7 Å². The fourth-order valence-electron chi connectivity index (χ4n) is 1.93. The zero-order valence-corrected chi connectivity index (χ0v) is 11.2. The highest BCUT2D eigenvalue weighted by atomic mass is 32.2. The summed E-state index contributed by atoms with van der Waals surface area (Å²) in [5, 5.41) is 19.8. The van der Waals surface area contributed by atoms with Gasteiger partial charge in [0.15, 0.2) is 0 Å². The normalized spacial score (nSPS) is 16.1. The summed E-state index contributed by atoms with van der Waals surface area (Å²) in [7, 11) is 0. The Morgan fingerprint density at radius 2 is 2.10 bits per heavy atom. The van der Waals surface area contributed by atoms with E-state index in [9.17, 15) is 19.3 Å². The van der Waals surface area contributed by atoms with Gasteiger partial charge in [0.1, 0.15) is 11.4 Å². The van der Waals surface area contributed by atoms with Crippen molar-refractivity contribution >= 4 is 23.4 Å². The van der Waals surface area contributed by atoms with Crippen LogP contribution >= 0.6 is 11.8 Å². The maximum Gasteiger partial charge on any atom is 0.342 e. The van der Waals surface area contributed by atoms with Crippen LogP contribution in [0.2, 0.25) is 0 Å². The van der Waals surface area contributed by atoms with Gasteiger partial charge in [0.2, 0.25) is 0 Å². The SMILES string of the molecule is O=C(O)c1cc(SC2CCOCC2)c(F)cc1[N+](=O)[O-]. The molecule has 8 heteroatoms. The van der Waals surface area contributed by atoms with Crippen LogP contribution in [0.3, 0.4) is 0 Å². The molecule has 1 aromatic carbocycles. The number of carboxylic acid groups (broad SMARTS) is 1. The van der Waals surface area contributed by atoms with Crippen molar-refractivity contribution in [2.45, 2.75) is 23.0 Å². The summed E-state index contributed by atoms with van der Waals surface area (Å²) < 4.78 is 19.0. The Hall–Kier alpha value is -1.67. The van der Waals surface area contributed by atoms with Gasteiger partial charge in [-0.3, -0.25) is 10.1 Å². The molecule has 2 rings (SSSR count). The van der Waals surface area contributed by atoms with E-state index >= 15 is 0 Å². The van der Waals surface area contributed by atoms with Crippen LogP contribution < -0.4 is 0 Å². The first-order valence-corrected chi connectivity index (χ1v) is 6.82. The molecule has 1 aromatic rings. The van der Waals surface area contributed by atoms with E-state index in [0.717, 1.165) is 18.9 Å². The third kappa shape index (κ3) is 3.26. The molecule has 0 aromatic heterocycles. The number of rotatable bonds is 4. The van der Waals surface area contributed by atoms with E-state index in [1.165, 1.54) is 11.8 Å². The molecule has 1 aliphatic heterocycles. The van der Waals surface area contributed by atoms with Crippen LogP contribution in [0.4, 0.5) is 10.1 Å². The molecule has 0 unspecified atom stereocenters. The highest BCUT2D eigenvalue weighted by molar-refractivity contribution is 8.00. The molecule has 6 nitrogen and oxygen atoms in total. The van der Waals surface area contributed by atoms with Crippen LogP contribution in [0, 0.1) is 15.9 Å². The minimum Gasteiger partial charge on any atom is -0.477 e. The molecule has 0 saturated carbocycles. The van der Waals surface area contributed by atoms with Crippen LogP contribution in [0.1, 0.15) is 23.2 Å². The summed E-state index contributed by atoms with van der Waals surface area (Å²) in [6.07, 6.45) is 1.48. The Balaban J connectivity index is 2.31. The van der Waals surface area contributed by atoms with Crippen LogP contribution in [0.5, 0.6) is 0 Å². The second-order valence-electron chi connectivity index (χ2n) is 4.29. The Kier molecular flexibility index (Phi) is 4.56. The number of carbonyl (C=O) groups is 1. The number of nitrogens with zero attached hydrogens (tertiary/aromatic N) is 1. The quantitative estimate of drug-likeness (QED) is 0.679. The van der Waals surface area contributed by atoms with Crippen molar-refractivity contribution in [1.82, 2.24) is 0 Å². The van der Waals surface area contributed by atoms with Gasteiger partial charge in [-0.15, -0.1) is 11.8 Å². The number of nitro groups is 1. The second-order valence-corrected chi connectivity index (χ2v) is 5.63. The third-order valence-corrected chi connectivity index (χ3v) is 4.31. The smallest absolute Gasteiger partial charge is 0.342 e. The molecular formula is C12H12FNO5S. The van der Waals surface area contributed by atoms with E-state index < -0.39 is 28.0 Å². The molecule has 1 saturated heterocycles. The van der Waals surface area contributed by atoms with Gasteiger partial charge in [-0.25, -0.2) is 9.18 Å². The number of thioether (sulfide) groups is 1. The van der Waals surface area contributed by atoms with Crippen LogP contribution in [-0.2, 0) is 4.74 Å². The van der Waals surface area contributed by atoms with Gasteiger partial charge in [-0.1, -0.05) is 0 Å². The average Bonchev–Trinajstić information content (AvgIpc) is 2.41. The molecule has 0 spiro atoms. The van der Waals surface area contributed by atoms with Crippen LogP contribution in [-0.4, -0.2) is 34.5 Å². The first kappa shape index (κ1) is 14.7. The summed E-state index contributed by atoms with van der Waals surface area (Å²) in [5.74, 6) is -2.20. The number of benzene rings is 1. The van der Waals surface area contributed by atoms with E-state index in [2.05, 4.69) is 0 Å². The van der Waals surface area contributed by atoms with E-state index in [4.69, 9.17) is 9.84 Å². The Labute approximate surface area is 118 Å². The maximum absolute atomic E-state index is 13.9. The molecule has 1 aliphatic rings. The van der Waals surface area contributed by atoms with Crippen molar-refractivity contribution in [2.24, 2.45) is 0 Å². The van der Waals surface area contributed by atoms with Gasteiger partial charge in [0, 0.05) is 23.4 Å². The largest absolute Gasteiger partial charge is 0.477 e. The number of hydrogen-bond acceptors (Lipinski definition) is 5. The number of ether oxygens (including phenoxy) is 1. The molecule has 0 amide bonds. The highest BCUT2D eigenvalue weighted by Crippen LogP contribution is 2.34. The van der Waals surface area contributed by atoms with Crippen molar-refractivity contribution in [3.8, 4) is 0 Å². The number of aromatic carboxylic acids is 1. The fourth-order valence-corrected chi connectivity index (χ4v) is 3.07. The summed E-state index contributed by atoms with van der Waals surface area (Å²) in [5.41, 5.74) is -1.22. The molecule has 20 heavy (non-hydrogen) atoms. The minimum atomic E-state index is -1.44. The maximum atomic E-state index is 13.9. The molecule has 0 radical (unpaired) electrons. The Bertz CT molecular complexity index is 545. The van der Waals surface area contributed by atoms with Crippen LogP contribution in [0.15, 0.2) is 17.0 Å². The summed E-state index contributed by atoms with van der Waals surface area (Å²) in [4.78, 5) is 21.0. The average molecular weight is 301 g/mol. The summed E-state index contributed by atoms with van der Waals surface area (Å²) in [6, 6.07) is 1.71. The van der Waals surface area contributed by atoms with Crippen LogP contribution in [0.25, 0.3) is 0 Å². The lowest BCUT2D eigenvalue weighted by Gasteiger charge is -2.21. The first-order chi connectivity index (χ1) is 9.49. The standard InChI is InChI=1S/C12H12FNO5S/c13-9-6-10(14(17)18)8(12(15)16)5-11(9)20-7-1-3-19-4-2-7/h5-7H,1-4H2,(H,15,16). The molecule has 0 bridgehead atoms. The van der Waals surface area contributed by atoms with Gasteiger partial charge in [-0.05, 0) is 18.9 Å². The zero-order valence-electron chi connectivity index (χ0n) is 10.4. The van der Waals surface area contributed by atoms with E-state index in [1.54, 1.807) is 0 Å². The summed E-state index contributed by atoms with van der Waals surface area (Å²) in [6.45, 7) is 1.16. The van der Waals surface area contributed by atoms with Gasteiger partial charge >= 0.3 is 5.97 Å². The molecular weight excluding hydrogens is 289 g/mol. The van der Waals surface area contributed by atoms with Gasteiger partial charge < -0.3 is 9.84 Å². The predicted molar refractivity (Wildman–Crippen MR) is 69.7 cm³/mol. The molecule has 1 N–H and O–H groups in total. The lowest BCUT2D eigenvalue weighted by molar-refractivity contribution is -0.385. The van der Waals surface area contributed by atoms with Gasteiger partial charge in [-0.2, -0.15) is 0 Å². The van der Waals surface area contributed by atoms with Crippen molar-refractivity contribution in [1.29, 1.82) is 0 Å². The number of nitro benzene ring substituents is 1. The Morgan fingerprint density at radius 3 is 2.65 bits per heavy atom. The third-order valence-electron chi connectivity index (χ3n) is 2.94. The number of halogens is 1. The van der Waals surface area contributed by atoms with Crippen molar-refractivity contribution < 1.29 is 24.0 Å². The number of carboxylic acids is 1. The molecule has 0 atom stereocenters. The summed E-state index contributed by atoms with van der Waals surface area (Å²) >= 11 is 1.20. The van der Waals surface area contributed by atoms with Crippen molar-refractivity contribution in [2.75, 3.05) is 13.2 Å². The van der Waals surface area contributed by atoms with E-state index in [1.807, 2.05) is 0 Å². The van der Waals surface area contributed by atoms with Crippen molar-refractivity contribution in [3.63, 3.8) is 0 Å². The van der Waals surface area contributed by atoms with E-state index in [-0.39, 0.29) is 10.1 Å². The zero-order chi connectivity index (χ0) is 14.7. The van der Waals surface area contributed by atoms with Gasteiger partial charge in [0.25, 0.3) is 5.69 Å². The monoisotopic (exact) mass is 301 g/mol. The lowest BCUT2D eigenvalue weighted by Crippen LogP contribution is -2.17. The van der Waals surface area contributed by atoms with Gasteiger partial charge in [0.05, 0.1) is 11.0 Å². The predicted octanol–water partition coefficient (Wildman–Crippen LogP) is 2.70. The van der Waals surface area contributed by atoms with Crippen molar-refractivity contribution in [3.05, 3.63) is 33.6 Å². The van der Waals surface area contributed by atoms with E-state index in [0.29, 0.717) is 19.3 Å². The molecule has 1 fully saturated rings. The second kappa shape index (κ2) is 6.19. The molecule has 1 heterocycles. The minimum absolute atomic E-state index is 0.125. The Morgan fingerprint density at radius 1 is 1.45 bits per heavy atom. The molecule has 108 valence electrons. The number of hydrogen-bond donors (Lipinski definition) is 1. The first-order valence-electron chi connectivity index (χ1n) is 5.94. The highest BCUT2D eigenvalue weighted by Gasteiger charge is 2.25.